The molecular weight excluding hydrogens is 408 g/mol. The summed E-state index contributed by atoms with van der Waals surface area (Å²) in [6.07, 6.45) is 1.71. The Morgan fingerprint density at radius 1 is 0.806 bits per heavy atom. The molecule has 160 valence electrons. The molecule has 0 radical (unpaired) electrons. The van der Waals surface area contributed by atoms with Crippen LogP contribution in [0.4, 0.5) is 5.69 Å². The summed E-state index contributed by atoms with van der Waals surface area (Å²) in [6.45, 7) is 0.601. The normalized spacial score (nSPS) is 10.5. The van der Waals surface area contributed by atoms with Crippen LogP contribution in [0.2, 0.25) is 5.02 Å². The number of rotatable bonds is 8. The molecule has 2 amide bonds. The minimum Gasteiger partial charge on any atom is -0.341 e. The Kier molecular flexibility index (Phi) is 7.85. The van der Waals surface area contributed by atoms with E-state index in [1.807, 2.05) is 60.7 Å². The molecule has 3 rings (SSSR count). The molecule has 3 aromatic carbocycles. The average Bonchev–Trinajstić information content (AvgIpc) is 2.80. The maximum Gasteiger partial charge on any atom is 0.255 e. The average molecular weight is 435 g/mol. The van der Waals surface area contributed by atoms with Gasteiger partial charge in [0.1, 0.15) is 0 Å². The SMILES string of the molecule is CN(CCc1ccccc1)C(=O)c1ccccc1N(C)C(=O)CCc1cccc(Cl)c1. The Morgan fingerprint density at radius 3 is 2.23 bits per heavy atom. The van der Waals surface area contributed by atoms with E-state index >= 15 is 0 Å². The van der Waals surface area contributed by atoms with Gasteiger partial charge in [0.25, 0.3) is 5.91 Å². The van der Waals surface area contributed by atoms with Crippen molar-refractivity contribution < 1.29 is 9.59 Å². The molecule has 0 spiro atoms. The molecule has 0 heterocycles. The zero-order valence-corrected chi connectivity index (χ0v) is 18.7. The van der Waals surface area contributed by atoms with E-state index < -0.39 is 0 Å². The van der Waals surface area contributed by atoms with Gasteiger partial charge in [-0.05, 0) is 48.2 Å². The first-order chi connectivity index (χ1) is 15.0. The standard InChI is InChI=1S/C26H27ClN2O2/c1-28(18-17-20-9-4-3-5-10-20)26(31)23-13-6-7-14-24(23)29(2)25(30)16-15-21-11-8-12-22(27)19-21/h3-14,19H,15-18H2,1-2H3. The predicted octanol–water partition coefficient (Wildman–Crippen LogP) is 5.25. The maximum absolute atomic E-state index is 13.1. The molecular formula is C26H27ClN2O2. The lowest BCUT2D eigenvalue weighted by atomic mass is 10.1. The summed E-state index contributed by atoms with van der Waals surface area (Å²) in [4.78, 5) is 29.2. The van der Waals surface area contributed by atoms with Crippen LogP contribution in [0.15, 0.2) is 78.9 Å². The topological polar surface area (TPSA) is 40.6 Å². The summed E-state index contributed by atoms with van der Waals surface area (Å²) in [7, 11) is 3.51. The van der Waals surface area contributed by atoms with E-state index in [4.69, 9.17) is 11.6 Å². The molecule has 0 aromatic heterocycles. The van der Waals surface area contributed by atoms with Crippen molar-refractivity contribution >= 4 is 29.1 Å². The molecule has 4 nitrogen and oxygen atoms in total. The Hall–Kier alpha value is -3.11. The van der Waals surface area contributed by atoms with Gasteiger partial charge in [0.2, 0.25) is 5.91 Å². The highest BCUT2D eigenvalue weighted by atomic mass is 35.5. The molecule has 0 atom stereocenters. The highest BCUT2D eigenvalue weighted by molar-refractivity contribution is 6.30. The quantitative estimate of drug-likeness (QED) is 0.485. The summed E-state index contributed by atoms with van der Waals surface area (Å²) in [5.41, 5.74) is 3.34. The van der Waals surface area contributed by atoms with E-state index in [2.05, 4.69) is 12.1 Å². The number of halogens is 1. The number of aryl methyl sites for hydroxylation is 1. The Morgan fingerprint density at radius 2 is 1.48 bits per heavy atom. The van der Waals surface area contributed by atoms with E-state index in [-0.39, 0.29) is 11.8 Å². The van der Waals surface area contributed by atoms with Gasteiger partial charge < -0.3 is 9.80 Å². The fourth-order valence-electron chi connectivity index (χ4n) is 3.44. The minimum absolute atomic E-state index is 0.0489. The maximum atomic E-state index is 13.1. The summed E-state index contributed by atoms with van der Waals surface area (Å²) in [5, 5.41) is 0.660. The van der Waals surface area contributed by atoms with E-state index in [1.54, 1.807) is 30.0 Å². The zero-order chi connectivity index (χ0) is 22.2. The van der Waals surface area contributed by atoms with E-state index in [9.17, 15) is 9.59 Å². The Bertz CT molecular complexity index is 1040. The third-order valence-corrected chi connectivity index (χ3v) is 5.55. The molecule has 0 bridgehead atoms. The molecule has 0 aliphatic rings. The number of benzene rings is 3. The number of likely N-dealkylation sites (N-methyl/N-ethyl adjacent to an activating group) is 1. The largest absolute Gasteiger partial charge is 0.341 e. The minimum atomic E-state index is -0.0963. The zero-order valence-electron chi connectivity index (χ0n) is 17.9. The number of para-hydroxylation sites is 1. The van der Waals surface area contributed by atoms with Crippen molar-refractivity contribution in [2.75, 3.05) is 25.5 Å². The fraction of sp³-hybridized carbons (Fsp3) is 0.231. The first-order valence-electron chi connectivity index (χ1n) is 10.3. The van der Waals surface area contributed by atoms with Crippen molar-refractivity contribution in [3.8, 4) is 0 Å². The summed E-state index contributed by atoms with van der Waals surface area (Å²) in [5.74, 6) is -0.145. The lowest BCUT2D eigenvalue weighted by molar-refractivity contribution is -0.118. The first-order valence-corrected chi connectivity index (χ1v) is 10.7. The van der Waals surface area contributed by atoms with Gasteiger partial charge >= 0.3 is 0 Å². The monoisotopic (exact) mass is 434 g/mol. The summed E-state index contributed by atoms with van der Waals surface area (Å²) >= 11 is 6.03. The van der Waals surface area contributed by atoms with Gasteiger partial charge in [0.05, 0.1) is 11.3 Å². The van der Waals surface area contributed by atoms with Crippen LogP contribution in [0.1, 0.15) is 27.9 Å². The summed E-state index contributed by atoms with van der Waals surface area (Å²) < 4.78 is 0. The lowest BCUT2D eigenvalue weighted by Gasteiger charge is -2.23. The number of hydrogen-bond donors (Lipinski definition) is 0. The number of carbonyl (C=O) groups excluding carboxylic acids is 2. The third-order valence-electron chi connectivity index (χ3n) is 5.31. The van der Waals surface area contributed by atoms with Crippen LogP contribution in [0.25, 0.3) is 0 Å². The molecule has 0 saturated carbocycles. The molecule has 31 heavy (non-hydrogen) atoms. The predicted molar refractivity (Wildman–Crippen MR) is 127 cm³/mol. The van der Waals surface area contributed by atoms with Crippen molar-refractivity contribution in [1.82, 2.24) is 4.90 Å². The van der Waals surface area contributed by atoms with Crippen LogP contribution >= 0.6 is 11.6 Å². The van der Waals surface area contributed by atoms with Gasteiger partial charge in [-0.2, -0.15) is 0 Å². The van der Waals surface area contributed by atoms with Crippen LogP contribution in [0.3, 0.4) is 0 Å². The van der Waals surface area contributed by atoms with Crippen LogP contribution in [-0.2, 0) is 17.6 Å². The highest BCUT2D eigenvalue weighted by Gasteiger charge is 2.20. The van der Waals surface area contributed by atoms with E-state index in [0.29, 0.717) is 35.7 Å². The first kappa shape index (κ1) is 22.6. The van der Waals surface area contributed by atoms with Crippen molar-refractivity contribution in [2.45, 2.75) is 19.3 Å². The fourth-order valence-corrected chi connectivity index (χ4v) is 3.65. The molecule has 0 fully saturated rings. The lowest BCUT2D eigenvalue weighted by Crippen LogP contribution is -2.32. The Balaban J connectivity index is 1.66. The number of amides is 2. The van der Waals surface area contributed by atoms with Gasteiger partial charge in [-0.1, -0.05) is 66.2 Å². The van der Waals surface area contributed by atoms with Crippen LogP contribution in [0.5, 0.6) is 0 Å². The van der Waals surface area contributed by atoms with E-state index in [0.717, 1.165) is 12.0 Å². The summed E-state index contributed by atoms with van der Waals surface area (Å²) in [6, 6.07) is 24.9. The second kappa shape index (κ2) is 10.8. The van der Waals surface area contributed by atoms with Crippen LogP contribution < -0.4 is 4.90 Å². The van der Waals surface area contributed by atoms with Gasteiger partial charge in [0.15, 0.2) is 0 Å². The number of hydrogen-bond acceptors (Lipinski definition) is 2. The molecule has 5 heteroatoms. The van der Waals surface area contributed by atoms with Crippen LogP contribution in [0, 0.1) is 0 Å². The van der Waals surface area contributed by atoms with Crippen molar-refractivity contribution in [3.63, 3.8) is 0 Å². The molecule has 0 aliphatic carbocycles. The molecule has 3 aromatic rings. The Labute approximate surface area is 189 Å². The van der Waals surface area contributed by atoms with Crippen molar-refractivity contribution in [3.05, 3.63) is 101 Å². The van der Waals surface area contributed by atoms with Gasteiger partial charge in [-0.25, -0.2) is 0 Å². The second-order valence-electron chi connectivity index (χ2n) is 7.56. The second-order valence-corrected chi connectivity index (χ2v) is 8.00. The number of nitrogens with zero attached hydrogens (tertiary/aromatic N) is 2. The van der Waals surface area contributed by atoms with Gasteiger partial charge in [0, 0.05) is 32.1 Å². The molecule has 0 N–H and O–H groups in total. The number of anilines is 1. The van der Waals surface area contributed by atoms with E-state index in [1.165, 1.54) is 5.56 Å². The smallest absolute Gasteiger partial charge is 0.255 e. The third kappa shape index (κ3) is 6.19. The molecule has 0 aliphatic heterocycles. The van der Waals surface area contributed by atoms with Crippen molar-refractivity contribution in [1.29, 1.82) is 0 Å². The molecule has 0 saturated heterocycles. The van der Waals surface area contributed by atoms with Crippen LogP contribution in [-0.4, -0.2) is 37.4 Å². The molecule has 0 unspecified atom stereocenters. The highest BCUT2D eigenvalue weighted by Crippen LogP contribution is 2.22. The van der Waals surface area contributed by atoms with Gasteiger partial charge in [-0.3, -0.25) is 9.59 Å². The number of carbonyl (C=O) groups is 2. The van der Waals surface area contributed by atoms with Crippen molar-refractivity contribution in [2.24, 2.45) is 0 Å². The van der Waals surface area contributed by atoms with Gasteiger partial charge in [-0.15, -0.1) is 0 Å².